The van der Waals surface area contributed by atoms with E-state index in [2.05, 4.69) is 65.9 Å². The van der Waals surface area contributed by atoms with Gasteiger partial charge in [-0.15, -0.1) is 0 Å². The summed E-state index contributed by atoms with van der Waals surface area (Å²) in [5.41, 5.74) is 4.88. The van der Waals surface area contributed by atoms with Crippen LogP contribution in [0.2, 0.25) is 0 Å². The first kappa shape index (κ1) is 28.3. The number of aliphatic hydroxyl groups excluding tert-OH is 1. The highest BCUT2D eigenvalue weighted by Crippen LogP contribution is 2.36. The number of hydrogen-bond donors (Lipinski definition) is 2. The molecule has 5 nitrogen and oxygen atoms in total. The monoisotopic (exact) mass is 546 g/mol. The lowest BCUT2D eigenvalue weighted by Crippen LogP contribution is -2.56. The molecule has 0 radical (unpaired) electrons. The van der Waals surface area contributed by atoms with E-state index in [0.717, 1.165) is 24.2 Å². The molecule has 1 saturated heterocycles. The number of nitrogens with one attached hydrogen (secondary N) is 1. The molecule has 2 N–H and O–H groups in total. The minimum atomic E-state index is -4.75. The zero-order chi connectivity index (χ0) is 27.5. The molecule has 0 amide bonds. The van der Waals surface area contributed by atoms with E-state index >= 15 is 0 Å². The fourth-order valence-corrected chi connectivity index (χ4v) is 6.39. The van der Waals surface area contributed by atoms with E-state index < -0.39 is 26.7 Å². The van der Waals surface area contributed by atoms with Crippen molar-refractivity contribution in [1.82, 2.24) is 9.62 Å². The summed E-state index contributed by atoms with van der Waals surface area (Å²) in [6.07, 6.45) is -3.63. The second-order valence-corrected chi connectivity index (χ2v) is 11.6. The summed E-state index contributed by atoms with van der Waals surface area (Å²) >= 11 is 0. The number of hydrogen-bond acceptors (Lipinski definition) is 4. The summed E-state index contributed by atoms with van der Waals surface area (Å²) < 4.78 is 66.8. The van der Waals surface area contributed by atoms with E-state index in [4.69, 9.17) is 0 Å². The van der Waals surface area contributed by atoms with Crippen molar-refractivity contribution in [2.24, 2.45) is 0 Å². The molecule has 0 saturated carbocycles. The van der Waals surface area contributed by atoms with Gasteiger partial charge in [-0.2, -0.15) is 13.2 Å². The van der Waals surface area contributed by atoms with Gasteiger partial charge in [0, 0.05) is 25.0 Å². The molecule has 1 unspecified atom stereocenters. The second kappa shape index (κ2) is 11.6. The predicted octanol–water partition coefficient (Wildman–Crippen LogP) is 5.51. The van der Waals surface area contributed by atoms with Crippen molar-refractivity contribution in [2.75, 3.05) is 26.2 Å². The summed E-state index contributed by atoms with van der Waals surface area (Å²) in [4.78, 5) is 1.40. The van der Waals surface area contributed by atoms with Crippen LogP contribution in [0.25, 0.3) is 11.1 Å². The maximum atomic E-state index is 13.2. The summed E-state index contributed by atoms with van der Waals surface area (Å²) in [7, 11) is -4.28. The number of sulfonamides is 1. The third-order valence-corrected chi connectivity index (χ3v) is 8.97. The van der Waals surface area contributed by atoms with Gasteiger partial charge in [0.25, 0.3) is 0 Å². The van der Waals surface area contributed by atoms with Crippen LogP contribution in [-0.2, 0) is 16.2 Å². The number of benzene rings is 3. The van der Waals surface area contributed by atoms with Crippen LogP contribution in [0.4, 0.5) is 13.2 Å². The van der Waals surface area contributed by atoms with Crippen molar-refractivity contribution in [1.29, 1.82) is 0 Å². The first-order valence-electron chi connectivity index (χ1n) is 12.7. The molecule has 38 heavy (non-hydrogen) atoms. The van der Waals surface area contributed by atoms with Crippen LogP contribution in [0, 0.1) is 13.8 Å². The molecule has 3 aromatic rings. The molecule has 1 fully saturated rings. The zero-order valence-corrected chi connectivity index (χ0v) is 22.3. The third kappa shape index (κ3) is 6.12. The van der Waals surface area contributed by atoms with Gasteiger partial charge in [-0.1, -0.05) is 54.6 Å². The van der Waals surface area contributed by atoms with E-state index in [1.807, 2.05) is 0 Å². The molecular weight excluding hydrogens is 513 g/mol. The lowest BCUT2D eigenvalue weighted by Gasteiger charge is -2.48. The standard InChI is InChI=1S/C29H33F3N2O3S/c1-20-8-7-9-24(21(20)2)22-12-14-23(15-13-22)25-18-34(27(25)19-35)17-6-5-16-33-38(36,37)28-11-4-3-10-26(28)29(30,31)32/h3-4,7-15,25,27,33,35H,5-6,16-19H2,1-2H3/t25?,27-/m1/s1. The van der Waals surface area contributed by atoms with Gasteiger partial charge in [0.15, 0.2) is 0 Å². The van der Waals surface area contributed by atoms with Gasteiger partial charge in [0.2, 0.25) is 10.0 Å². The van der Waals surface area contributed by atoms with Gasteiger partial charge in [0.1, 0.15) is 0 Å². The number of halogens is 3. The van der Waals surface area contributed by atoms with Gasteiger partial charge in [-0.25, -0.2) is 13.1 Å². The molecular formula is C29H33F3N2O3S. The van der Waals surface area contributed by atoms with Crippen LogP contribution in [0.1, 0.15) is 41.0 Å². The van der Waals surface area contributed by atoms with Gasteiger partial charge in [0.05, 0.1) is 17.1 Å². The number of aliphatic hydroxyl groups is 1. The Balaban J connectivity index is 1.27. The van der Waals surface area contributed by atoms with Crippen molar-refractivity contribution < 1.29 is 26.7 Å². The van der Waals surface area contributed by atoms with Crippen molar-refractivity contribution in [3.05, 3.63) is 89.0 Å². The Morgan fingerprint density at radius 3 is 2.37 bits per heavy atom. The number of rotatable bonds is 10. The molecule has 2 atom stereocenters. The number of aryl methyl sites for hydroxylation is 1. The minimum Gasteiger partial charge on any atom is -0.395 e. The van der Waals surface area contributed by atoms with Gasteiger partial charge >= 0.3 is 6.18 Å². The van der Waals surface area contributed by atoms with E-state index in [1.54, 1.807) is 0 Å². The normalized spacial score (nSPS) is 18.4. The van der Waals surface area contributed by atoms with Gasteiger partial charge in [-0.05, 0) is 73.2 Å². The molecule has 0 spiro atoms. The number of unbranched alkanes of at least 4 members (excludes halogenated alkanes) is 1. The highest BCUT2D eigenvalue weighted by Gasteiger charge is 2.39. The van der Waals surface area contributed by atoms with Crippen LogP contribution in [0.15, 0.2) is 71.6 Å². The first-order valence-corrected chi connectivity index (χ1v) is 14.2. The first-order chi connectivity index (χ1) is 18.0. The number of alkyl halides is 3. The van der Waals surface area contributed by atoms with Crippen molar-refractivity contribution >= 4 is 10.0 Å². The summed E-state index contributed by atoms with van der Waals surface area (Å²) in [5, 5.41) is 9.99. The molecule has 0 bridgehead atoms. The predicted molar refractivity (Wildman–Crippen MR) is 142 cm³/mol. The highest BCUT2D eigenvalue weighted by molar-refractivity contribution is 7.89. The third-order valence-electron chi connectivity index (χ3n) is 7.45. The smallest absolute Gasteiger partial charge is 0.395 e. The Bertz CT molecular complexity index is 1360. The largest absolute Gasteiger partial charge is 0.417 e. The Labute approximate surface area is 222 Å². The number of nitrogens with zero attached hydrogens (tertiary/aromatic N) is 1. The molecule has 1 aliphatic heterocycles. The maximum absolute atomic E-state index is 13.2. The fourth-order valence-electron chi connectivity index (χ4n) is 5.09. The van der Waals surface area contributed by atoms with Gasteiger partial charge < -0.3 is 5.11 Å². The van der Waals surface area contributed by atoms with Crippen LogP contribution in [-0.4, -0.2) is 50.7 Å². The van der Waals surface area contributed by atoms with Crippen LogP contribution < -0.4 is 4.72 Å². The highest BCUT2D eigenvalue weighted by atomic mass is 32.2. The van der Waals surface area contributed by atoms with Crippen LogP contribution in [0.3, 0.4) is 0 Å². The maximum Gasteiger partial charge on any atom is 0.417 e. The quantitative estimate of drug-likeness (QED) is 0.329. The van der Waals surface area contributed by atoms with Crippen LogP contribution >= 0.6 is 0 Å². The average Bonchev–Trinajstić information content (AvgIpc) is 2.87. The molecule has 0 aliphatic carbocycles. The SMILES string of the molecule is Cc1cccc(-c2ccc(C3CN(CCCCNS(=O)(=O)c4ccccc4C(F)(F)F)[C@@H]3CO)cc2)c1C. The van der Waals surface area contributed by atoms with E-state index in [0.29, 0.717) is 19.4 Å². The molecule has 0 aromatic heterocycles. The molecule has 3 aromatic carbocycles. The van der Waals surface area contributed by atoms with Gasteiger partial charge in [-0.3, -0.25) is 4.90 Å². The van der Waals surface area contributed by atoms with Crippen molar-refractivity contribution in [3.63, 3.8) is 0 Å². The topological polar surface area (TPSA) is 69.6 Å². The molecule has 204 valence electrons. The Morgan fingerprint density at radius 2 is 1.68 bits per heavy atom. The Kier molecular flexibility index (Phi) is 8.62. The van der Waals surface area contributed by atoms with Crippen LogP contribution in [0.5, 0.6) is 0 Å². The summed E-state index contributed by atoms with van der Waals surface area (Å²) in [5.74, 6) is 0.213. The Hall–Kier alpha value is -2.72. The lowest BCUT2D eigenvalue weighted by atomic mass is 9.82. The lowest BCUT2D eigenvalue weighted by molar-refractivity contribution is -0.139. The second-order valence-electron chi connectivity index (χ2n) is 9.82. The van der Waals surface area contributed by atoms with Crippen molar-refractivity contribution in [2.45, 2.75) is 49.7 Å². The summed E-state index contributed by atoms with van der Waals surface area (Å²) in [6, 6.07) is 18.9. The number of likely N-dealkylation sites (tertiary alicyclic amines) is 1. The van der Waals surface area contributed by atoms with E-state index in [-0.39, 0.29) is 25.1 Å². The van der Waals surface area contributed by atoms with E-state index in [9.17, 15) is 26.7 Å². The molecule has 9 heteroatoms. The van der Waals surface area contributed by atoms with E-state index in [1.165, 1.54) is 34.4 Å². The fraction of sp³-hybridized carbons (Fsp3) is 0.379. The molecule has 1 heterocycles. The van der Waals surface area contributed by atoms with Crippen molar-refractivity contribution in [3.8, 4) is 11.1 Å². The zero-order valence-electron chi connectivity index (χ0n) is 21.5. The Morgan fingerprint density at radius 1 is 0.974 bits per heavy atom. The average molecular weight is 547 g/mol. The minimum absolute atomic E-state index is 0.0167. The summed E-state index contributed by atoms with van der Waals surface area (Å²) in [6.45, 7) is 5.74. The molecule has 1 aliphatic rings. The molecule has 4 rings (SSSR count).